The van der Waals surface area contributed by atoms with Crippen molar-refractivity contribution in [3.05, 3.63) is 0 Å². The van der Waals surface area contributed by atoms with Crippen LogP contribution < -0.4 is 0 Å². The van der Waals surface area contributed by atoms with Crippen molar-refractivity contribution in [1.29, 1.82) is 0 Å². The standard InChI is InChI=1S/C8H12O/c1-4-7(5-2)8(9)6-3/h3,7H,4-5H2,1-2H3. The van der Waals surface area contributed by atoms with Crippen LogP contribution in [0.3, 0.4) is 0 Å². The lowest BCUT2D eigenvalue weighted by Crippen LogP contribution is -2.09. The largest absolute Gasteiger partial charge is 0.285 e. The Kier molecular flexibility index (Phi) is 3.79. The van der Waals surface area contributed by atoms with Gasteiger partial charge in [-0.2, -0.15) is 0 Å². The predicted molar refractivity (Wildman–Crippen MR) is 37.9 cm³/mol. The van der Waals surface area contributed by atoms with Crippen molar-refractivity contribution < 1.29 is 4.79 Å². The summed E-state index contributed by atoms with van der Waals surface area (Å²) in [5.74, 6) is 2.16. The van der Waals surface area contributed by atoms with Crippen LogP contribution >= 0.6 is 0 Å². The van der Waals surface area contributed by atoms with Gasteiger partial charge in [-0.25, -0.2) is 0 Å². The zero-order valence-corrected chi connectivity index (χ0v) is 5.98. The zero-order chi connectivity index (χ0) is 7.28. The summed E-state index contributed by atoms with van der Waals surface area (Å²) in [5, 5.41) is 0. The SMILES string of the molecule is C#CC(=O)C(CC)CC. The highest BCUT2D eigenvalue weighted by Gasteiger charge is 2.09. The third kappa shape index (κ3) is 2.32. The summed E-state index contributed by atoms with van der Waals surface area (Å²) >= 11 is 0. The second kappa shape index (κ2) is 4.14. The van der Waals surface area contributed by atoms with Gasteiger partial charge >= 0.3 is 0 Å². The Balaban J connectivity index is 3.83. The maximum absolute atomic E-state index is 10.7. The first kappa shape index (κ1) is 8.23. The van der Waals surface area contributed by atoms with Crippen LogP contribution in [-0.2, 0) is 4.79 Å². The molecule has 0 spiro atoms. The molecule has 0 N–H and O–H groups in total. The van der Waals surface area contributed by atoms with Crippen molar-refractivity contribution in [2.75, 3.05) is 0 Å². The van der Waals surface area contributed by atoms with E-state index in [4.69, 9.17) is 6.42 Å². The van der Waals surface area contributed by atoms with Crippen molar-refractivity contribution >= 4 is 5.78 Å². The lowest BCUT2D eigenvalue weighted by atomic mass is 9.99. The van der Waals surface area contributed by atoms with Gasteiger partial charge in [0.1, 0.15) is 0 Å². The molecule has 0 radical (unpaired) electrons. The number of carbonyl (C=O) groups excluding carboxylic acids is 1. The van der Waals surface area contributed by atoms with E-state index in [2.05, 4.69) is 5.92 Å². The minimum atomic E-state index is -0.0556. The maximum Gasteiger partial charge on any atom is 0.208 e. The van der Waals surface area contributed by atoms with Crippen molar-refractivity contribution in [2.24, 2.45) is 5.92 Å². The van der Waals surface area contributed by atoms with E-state index in [0.717, 1.165) is 12.8 Å². The number of hydrogen-bond acceptors (Lipinski definition) is 1. The zero-order valence-electron chi connectivity index (χ0n) is 5.98. The molecule has 0 aromatic carbocycles. The Morgan fingerprint density at radius 1 is 1.56 bits per heavy atom. The Hall–Kier alpha value is -0.770. The van der Waals surface area contributed by atoms with Crippen LogP contribution in [0, 0.1) is 18.3 Å². The molecule has 0 aromatic rings. The molecule has 0 aliphatic rings. The average Bonchev–Trinajstić information content (AvgIpc) is 1.90. The Labute approximate surface area is 56.5 Å². The topological polar surface area (TPSA) is 17.1 Å². The molecule has 0 saturated carbocycles. The quantitative estimate of drug-likeness (QED) is 0.413. The first-order valence-electron chi connectivity index (χ1n) is 3.26. The van der Waals surface area contributed by atoms with Gasteiger partial charge in [0, 0.05) is 5.92 Å². The smallest absolute Gasteiger partial charge is 0.208 e. The van der Waals surface area contributed by atoms with Gasteiger partial charge in [0.25, 0.3) is 0 Å². The molecule has 0 aromatic heterocycles. The van der Waals surface area contributed by atoms with Gasteiger partial charge < -0.3 is 0 Å². The van der Waals surface area contributed by atoms with Crippen molar-refractivity contribution in [1.82, 2.24) is 0 Å². The molecule has 0 rings (SSSR count). The van der Waals surface area contributed by atoms with E-state index < -0.39 is 0 Å². The molecule has 1 heteroatoms. The lowest BCUT2D eigenvalue weighted by Gasteiger charge is -2.03. The first-order valence-corrected chi connectivity index (χ1v) is 3.26. The van der Waals surface area contributed by atoms with Crippen LogP contribution in [0.25, 0.3) is 0 Å². The second-order valence-corrected chi connectivity index (χ2v) is 2.02. The summed E-state index contributed by atoms with van der Waals surface area (Å²) in [7, 11) is 0. The summed E-state index contributed by atoms with van der Waals surface area (Å²) in [6.07, 6.45) is 6.65. The molecule has 0 heterocycles. The van der Waals surface area contributed by atoms with E-state index in [1.54, 1.807) is 0 Å². The van der Waals surface area contributed by atoms with Gasteiger partial charge in [-0.05, 0) is 18.8 Å². The molecule has 0 saturated heterocycles. The third-order valence-electron chi connectivity index (χ3n) is 1.50. The molecule has 0 amide bonds. The minimum absolute atomic E-state index is 0.0556. The number of rotatable bonds is 3. The van der Waals surface area contributed by atoms with E-state index in [-0.39, 0.29) is 11.7 Å². The number of carbonyl (C=O) groups is 1. The molecular formula is C8H12O. The Morgan fingerprint density at radius 2 is 2.00 bits per heavy atom. The Bertz CT molecular complexity index is 126. The molecular weight excluding hydrogens is 112 g/mol. The van der Waals surface area contributed by atoms with Crippen molar-refractivity contribution in [3.63, 3.8) is 0 Å². The van der Waals surface area contributed by atoms with Crippen LogP contribution in [0.5, 0.6) is 0 Å². The molecule has 9 heavy (non-hydrogen) atoms. The average molecular weight is 124 g/mol. The van der Waals surface area contributed by atoms with Gasteiger partial charge in [-0.1, -0.05) is 13.8 Å². The molecule has 0 atom stereocenters. The highest BCUT2D eigenvalue weighted by atomic mass is 16.1. The van der Waals surface area contributed by atoms with Crippen LogP contribution in [-0.4, -0.2) is 5.78 Å². The van der Waals surface area contributed by atoms with Gasteiger partial charge in [-0.3, -0.25) is 4.79 Å². The summed E-state index contributed by atoms with van der Waals surface area (Å²) in [6, 6.07) is 0. The normalized spacial score (nSPS) is 9.11. The van der Waals surface area contributed by atoms with Crippen LogP contribution in [0.1, 0.15) is 26.7 Å². The van der Waals surface area contributed by atoms with E-state index >= 15 is 0 Å². The third-order valence-corrected chi connectivity index (χ3v) is 1.50. The van der Waals surface area contributed by atoms with Crippen LogP contribution in [0.4, 0.5) is 0 Å². The highest BCUT2D eigenvalue weighted by molar-refractivity contribution is 5.96. The molecule has 0 fully saturated rings. The predicted octanol–water partition coefficient (Wildman–Crippen LogP) is 1.62. The van der Waals surface area contributed by atoms with Crippen LogP contribution in [0.2, 0.25) is 0 Å². The molecule has 0 aliphatic carbocycles. The minimum Gasteiger partial charge on any atom is -0.285 e. The monoisotopic (exact) mass is 124 g/mol. The molecule has 1 nitrogen and oxygen atoms in total. The lowest BCUT2D eigenvalue weighted by molar-refractivity contribution is -0.117. The van der Waals surface area contributed by atoms with Gasteiger partial charge in [0.05, 0.1) is 0 Å². The molecule has 0 bridgehead atoms. The second-order valence-electron chi connectivity index (χ2n) is 2.02. The van der Waals surface area contributed by atoms with Crippen molar-refractivity contribution in [3.8, 4) is 12.3 Å². The number of ketones is 1. The number of Topliss-reactive ketones (excluding diaryl/α,β-unsaturated/α-hetero) is 1. The number of hydrogen-bond donors (Lipinski definition) is 0. The van der Waals surface area contributed by atoms with Crippen LogP contribution in [0.15, 0.2) is 0 Å². The van der Waals surface area contributed by atoms with Gasteiger partial charge in [0.2, 0.25) is 5.78 Å². The van der Waals surface area contributed by atoms with E-state index in [1.807, 2.05) is 13.8 Å². The fraction of sp³-hybridized carbons (Fsp3) is 0.625. The Morgan fingerprint density at radius 3 is 2.11 bits per heavy atom. The maximum atomic E-state index is 10.7. The molecule has 50 valence electrons. The van der Waals surface area contributed by atoms with E-state index in [0.29, 0.717) is 0 Å². The molecule has 0 unspecified atom stereocenters. The van der Waals surface area contributed by atoms with Crippen molar-refractivity contribution in [2.45, 2.75) is 26.7 Å². The number of terminal acetylenes is 1. The summed E-state index contributed by atoms with van der Waals surface area (Å²) < 4.78 is 0. The van der Waals surface area contributed by atoms with E-state index in [1.165, 1.54) is 0 Å². The molecule has 0 aliphatic heterocycles. The highest BCUT2D eigenvalue weighted by Crippen LogP contribution is 2.07. The fourth-order valence-electron chi connectivity index (χ4n) is 0.777. The van der Waals surface area contributed by atoms with Gasteiger partial charge in [-0.15, -0.1) is 6.42 Å². The summed E-state index contributed by atoms with van der Waals surface area (Å²) in [4.78, 5) is 10.7. The summed E-state index contributed by atoms with van der Waals surface area (Å²) in [6.45, 7) is 3.95. The fourth-order valence-corrected chi connectivity index (χ4v) is 0.777. The summed E-state index contributed by atoms with van der Waals surface area (Å²) in [5.41, 5.74) is 0. The van der Waals surface area contributed by atoms with Gasteiger partial charge in [0.15, 0.2) is 0 Å². The first-order chi connectivity index (χ1) is 4.26. The van der Waals surface area contributed by atoms with E-state index in [9.17, 15) is 4.79 Å².